The summed E-state index contributed by atoms with van der Waals surface area (Å²) in [6.45, 7) is 4.30. The van der Waals surface area contributed by atoms with Gasteiger partial charge >= 0.3 is 11.9 Å². The fourth-order valence-corrected chi connectivity index (χ4v) is 3.69. The van der Waals surface area contributed by atoms with Crippen LogP contribution in [0.25, 0.3) is 0 Å². The van der Waals surface area contributed by atoms with Crippen molar-refractivity contribution in [3.63, 3.8) is 0 Å². The van der Waals surface area contributed by atoms with E-state index in [-0.39, 0.29) is 24.1 Å². The predicted molar refractivity (Wildman–Crippen MR) is 113 cm³/mol. The van der Waals surface area contributed by atoms with Gasteiger partial charge in [-0.2, -0.15) is 0 Å². The van der Waals surface area contributed by atoms with E-state index in [0.717, 1.165) is 51.4 Å². The van der Waals surface area contributed by atoms with E-state index in [4.69, 9.17) is 9.47 Å². The molecule has 0 aromatic rings. The average Bonchev–Trinajstić information content (AvgIpc) is 2.48. The number of carbonyl (C=O) groups excluding carboxylic acids is 2. The average molecular weight is 564 g/mol. The third-order valence-electron chi connectivity index (χ3n) is 4.18. The van der Waals surface area contributed by atoms with Gasteiger partial charge in [0.2, 0.25) is 0 Å². The minimum atomic E-state index is -0.0830. The molecule has 24 heavy (non-hydrogen) atoms. The first kappa shape index (κ1) is 22.4. The zero-order chi connectivity index (χ0) is 17.9. The first-order chi connectivity index (χ1) is 11.4. The van der Waals surface area contributed by atoms with E-state index in [1.807, 2.05) is 0 Å². The summed E-state index contributed by atoms with van der Waals surface area (Å²) in [5.41, 5.74) is 0. The minimum absolute atomic E-state index is 0.00402. The van der Waals surface area contributed by atoms with E-state index in [1.54, 1.807) is 0 Å². The second-order valence-corrected chi connectivity index (χ2v) is 11.0. The van der Waals surface area contributed by atoms with Crippen molar-refractivity contribution in [3.05, 3.63) is 0 Å². The lowest BCUT2D eigenvalue weighted by Crippen LogP contribution is -2.29. The number of hydrogen-bond acceptors (Lipinski definition) is 4. The molecule has 1 fully saturated rings. The van der Waals surface area contributed by atoms with Crippen LogP contribution in [0.15, 0.2) is 0 Å². The van der Waals surface area contributed by atoms with Gasteiger partial charge in [-0.15, -0.1) is 0 Å². The Morgan fingerprint density at radius 3 is 1.46 bits per heavy atom. The largest absolute Gasteiger partial charge is 0.462 e. The summed E-state index contributed by atoms with van der Waals surface area (Å²) in [7, 11) is 0. The van der Waals surface area contributed by atoms with Crippen molar-refractivity contribution < 1.29 is 19.1 Å². The Kier molecular flexibility index (Phi) is 11.9. The molecule has 6 heteroatoms. The number of carbonyl (C=O) groups is 2. The fraction of sp³-hybridized carbons (Fsp3) is 0.889. The van der Waals surface area contributed by atoms with Gasteiger partial charge in [-0.25, -0.2) is 0 Å². The van der Waals surface area contributed by atoms with Crippen LogP contribution in [0.5, 0.6) is 0 Å². The summed E-state index contributed by atoms with van der Waals surface area (Å²) >= 11 is 4.75. The SMILES string of the molecule is CC(I)CCCC(=O)OC1CCC(OC(=O)CCCC(C)I)CC1. The van der Waals surface area contributed by atoms with Crippen molar-refractivity contribution in [2.24, 2.45) is 0 Å². The summed E-state index contributed by atoms with van der Waals surface area (Å²) < 4.78 is 12.3. The van der Waals surface area contributed by atoms with Crippen LogP contribution < -0.4 is 0 Å². The molecule has 0 spiro atoms. The van der Waals surface area contributed by atoms with Crippen molar-refractivity contribution in [3.8, 4) is 0 Å². The summed E-state index contributed by atoms with van der Waals surface area (Å²) in [6.07, 6.45) is 8.13. The van der Waals surface area contributed by atoms with Crippen molar-refractivity contribution in [1.82, 2.24) is 0 Å². The molecule has 0 radical (unpaired) electrons. The molecule has 0 N–H and O–H groups in total. The third kappa shape index (κ3) is 11.1. The van der Waals surface area contributed by atoms with E-state index in [9.17, 15) is 9.59 Å². The van der Waals surface area contributed by atoms with Crippen molar-refractivity contribution in [1.29, 1.82) is 0 Å². The molecule has 0 aliphatic heterocycles. The molecule has 140 valence electrons. The molecule has 1 saturated carbocycles. The Balaban J connectivity index is 2.12. The summed E-state index contributed by atoms with van der Waals surface area (Å²) in [6, 6.07) is 0. The van der Waals surface area contributed by atoms with Gasteiger partial charge in [0.05, 0.1) is 0 Å². The molecule has 0 amide bonds. The van der Waals surface area contributed by atoms with Crippen LogP contribution in [0.4, 0.5) is 0 Å². The van der Waals surface area contributed by atoms with Gasteiger partial charge in [-0.05, 0) is 51.4 Å². The smallest absolute Gasteiger partial charge is 0.306 e. The molecule has 1 aliphatic rings. The Morgan fingerprint density at radius 1 is 0.833 bits per heavy atom. The molecule has 0 aromatic carbocycles. The molecular weight excluding hydrogens is 534 g/mol. The standard InChI is InChI=1S/C18H30I2O4/c1-13(19)5-3-7-17(21)23-15-9-11-16(12-10-15)24-18(22)8-4-6-14(2)20/h13-16H,3-12H2,1-2H3. The molecule has 1 rings (SSSR count). The maximum Gasteiger partial charge on any atom is 0.306 e. The quantitative estimate of drug-likeness (QED) is 0.204. The van der Waals surface area contributed by atoms with Gasteiger partial charge < -0.3 is 9.47 Å². The van der Waals surface area contributed by atoms with Crippen molar-refractivity contribution >= 4 is 57.1 Å². The van der Waals surface area contributed by atoms with Gasteiger partial charge in [0.1, 0.15) is 12.2 Å². The van der Waals surface area contributed by atoms with Crippen LogP contribution in [-0.2, 0) is 19.1 Å². The highest BCUT2D eigenvalue weighted by molar-refractivity contribution is 14.1. The molecular formula is C18H30I2O4. The molecule has 2 atom stereocenters. The summed E-state index contributed by atoms with van der Waals surface area (Å²) in [5.74, 6) is -0.166. The summed E-state index contributed by atoms with van der Waals surface area (Å²) in [4.78, 5) is 23.6. The topological polar surface area (TPSA) is 52.6 Å². The normalized spacial score (nSPS) is 23.3. The summed E-state index contributed by atoms with van der Waals surface area (Å²) in [5, 5.41) is 0. The number of hydrogen-bond donors (Lipinski definition) is 0. The first-order valence-corrected chi connectivity index (χ1v) is 11.5. The zero-order valence-corrected chi connectivity index (χ0v) is 19.1. The van der Waals surface area contributed by atoms with Crippen LogP contribution in [0.3, 0.4) is 0 Å². The lowest BCUT2D eigenvalue weighted by atomic mass is 9.95. The zero-order valence-electron chi connectivity index (χ0n) is 14.8. The van der Waals surface area contributed by atoms with Crippen molar-refractivity contribution in [2.75, 3.05) is 0 Å². The molecule has 0 aromatic heterocycles. The Hall–Kier alpha value is 0.400. The minimum Gasteiger partial charge on any atom is -0.462 e. The highest BCUT2D eigenvalue weighted by Crippen LogP contribution is 2.25. The monoisotopic (exact) mass is 564 g/mol. The lowest BCUT2D eigenvalue weighted by Gasteiger charge is -2.28. The van der Waals surface area contributed by atoms with Gasteiger partial charge in [-0.3, -0.25) is 9.59 Å². The van der Waals surface area contributed by atoms with Crippen LogP contribution in [0.1, 0.15) is 78.1 Å². The van der Waals surface area contributed by atoms with Crippen LogP contribution in [0, 0.1) is 0 Å². The molecule has 4 nitrogen and oxygen atoms in total. The van der Waals surface area contributed by atoms with E-state index in [1.165, 1.54) is 0 Å². The maximum atomic E-state index is 11.8. The number of ether oxygens (including phenoxy) is 2. The maximum absolute atomic E-state index is 11.8. The number of esters is 2. The number of rotatable bonds is 10. The number of alkyl halides is 2. The highest BCUT2D eigenvalue weighted by Gasteiger charge is 2.26. The Bertz CT molecular complexity index is 341. The molecule has 0 heterocycles. The Labute approximate surface area is 173 Å². The Morgan fingerprint density at radius 2 is 1.17 bits per heavy atom. The van der Waals surface area contributed by atoms with Crippen LogP contribution >= 0.6 is 45.2 Å². The van der Waals surface area contributed by atoms with E-state index in [2.05, 4.69) is 59.0 Å². The van der Waals surface area contributed by atoms with Gasteiger partial charge in [-0.1, -0.05) is 59.0 Å². The second-order valence-electron chi connectivity index (χ2n) is 6.72. The molecule has 1 aliphatic carbocycles. The van der Waals surface area contributed by atoms with Gasteiger partial charge in [0, 0.05) is 20.7 Å². The lowest BCUT2D eigenvalue weighted by molar-refractivity contribution is -0.158. The van der Waals surface area contributed by atoms with E-state index < -0.39 is 0 Å². The van der Waals surface area contributed by atoms with Crippen LogP contribution in [0.2, 0.25) is 0 Å². The van der Waals surface area contributed by atoms with E-state index in [0.29, 0.717) is 20.7 Å². The predicted octanol–water partition coefficient (Wildman–Crippen LogP) is 5.37. The highest BCUT2D eigenvalue weighted by atomic mass is 127. The molecule has 0 saturated heterocycles. The van der Waals surface area contributed by atoms with Crippen LogP contribution in [-0.4, -0.2) is 32.0 Å². The molecule has 0 bridgehead atoms. The third-order valence-corrected chi connectivity index (χ3v) is 5.43. The second kappa shape index (κ2) is 12.7. The van der Waals surface area contributed by atoms with Crippen molar-refractivity contribution in [2.45, 2.75) is 98.1 Å². The van der Waals surface area contributed by atoms with Gasteiger partial charge in [0.25, 0.3) is 0 Å². The van der Waals surface area contributed by atoms with Gasteiger partial charge in [0.15, 0.2) is 0 Å². The fourth-order valence-electron chi connectivity index (χ4n) is 2.81. The first-order valence-electron chi connectivity index (χ1n) is 9.04. The number of halogens is 2. The van der Waals surface area contributed by atoms with E-state index >= 15 is 0 Å². The molecule has 2 unspecified atom stereocenters.